The summed E-state index contributed by atoms with van der Waals surface area (Å²) in [6.45, 7) is 1.52. The third-order valence-electron chi connectivity index (χ3n) is 4.73. The number of fused-ring (bicyclic) bond motifs is 1. The van der Waals surface area contributed by atoms with E-state index in [1.165, 1.54) is 22.5 Å². The van der Waals surface area contributed by atoms with E-state index in [9.17, 15) is 13.2 Å². The first-order valence-corrected chi connectivity index (χ1v) is 11.5. The molecule has 1 aliphatic carbocycles. The molecule has 2 aromatic heterocycles. The minimum Gasteiger partial charge on any atom is -0.468 e. The average Bonchev–Trinajstić information content (AvgIpc) is 3.39. The van der Waals surface area contributed by atoms with Crippen LogP contribution in [0.25, 0.3) is 0 Å². The van der Waals surface area contributed by atoms with E-state index >= 15 is 0 Å². The molecular formula is C20H21N3O4S2. The number of benzene rings is 1. The highest BCUT2D eigenvalue weighted by Gasteiger charge is 2.28. The van der Waals surface area contributed by atoms with E-state index in [1.807, 2.05) is 6.92 Å². The Morgan fingerprint density at radius 1 is 1.24 bits per heavy atom. The Balaban J connectivity index is 1.54. The molecule has 0 spiro atoms. The average molecular weight is 432 g/mol. The molecule has 7 nitrogen and oxygen atoms in total. The van der Waals surface area contributed by atoms with E-state index in [0.29, 0.717) is 10.9 Å². The van der Waals surface area contributed by atoms with Crippen molar-refractivity contribution in [2.24, 2.45) is 0 Å². The maximum Gasteiger partial charge on any atom is 0.243 e. The molecule has 0 saturated carbocycles. The lowest BCUT2D eigenvalue weighted by Crippen LogP contribution is -2.37. The van der Waals surface area contributed by atoms with Crippen molar-refractivity contribution >= 4 is 32.4 Å². The predicted octanol–water partition coefficient (Wildman–Crippen LogP) is 3.36. The number of carbonyl (C=O) groups excluding carboxylic acids is 1. The molecule has 1 amide bonds. The number of rotatable bonds is 7. The van der Waals surface area contributed by atoms with Gasteiger partial charge in [0.1, 0.15) is 5.76 Å². The highest BCUT2D eigenvalue weighted by molar-refractivity contribution is 7.89. The van der Waals surface area contributed by atoms with Gasteiger partial charge in [0.25, 0.3) is 0 Å². The molecule has 0 saturated heterocycles. The van der Waals surface area contributed by atoms with Crippen molar-refractivity contribution in [2.45, 2.75) is 37.6 Å². The van der Waals surface area contributed by atoms with Gasteiger partial charge in [-0.05, 0) is 50.5 Å². The molecule has 0 aliphatic heterocycles. The summed E-state index contributed by atoms with van der Waals surface area (Å²) >= 11 is 1.46. The quantitative estimate of drug-likeness (QED) is 0.619. The van der Waals surface area contributed by atoms with Gasteiger partial charge in [0.05, 0.1) is 29.9 Å². The van der Waals surface area contributed by atoms with Crippen LogP contribution in [-0.4, -0.2) is 30.2 Å². The monoisotopic (exact) mass is 431 g/mol. The molecule has 152 valence electrons. The Kier molecular flexibility index (Phi) is 5.53. The van der Waals surface area contributed by atoms with E-state index in [1.54, 1.807) is 36.4 Å². The topological polar surface area (TPSA) is 92.5 Å². The molecule has 4 rings (SSSR count). The largest absolute Gasteiger partial charge is 0.468 e. The SMILES string of the molecule is Cc1ccc(S(=O)(=O)N(CC(=O)Nc2nc3c(s2)CCC3)Cc2ccco2)cc1. The number of aromatic nitrogens is 1. The van der Waals surface area contributed by atoms with Crippen LogP contribution in [0, 0.1) is 6.92 Å². The fourth-order valence-corrected chi connectivity index (χ4v) is 5.65. The van der Waals surface area contributed by atoms with E-state index < -0.39 is 15.9 Å². The van der Waals surface area contributed by atoms with Crippen molar-refractivity contribution in [3.05, 3.63) is 64.6 Å². The molecule has 3 aromatic rings. The summed E-state index contributed by atoms with van der Waals surface area (Å²) in [5.41, 5.74) is 1.99. The zero-order valence-electron chi connectivity index (χ0n) is 15.9. The molecule has 0 bridgehead atoms. The lowest BCUT2D eigenvalue weighted by atomic mass is 10.2. The normalized spacial score (nSPS) is 13.6. The van der Waals surface area contributed by atoms with E-state index in [0.717, 1.165) is 34.8 Å². The molecule has 2 heterocycles. The molecule has 9 heteroatoms. The summed E-state index contributed by atoms with van der Waals surface area (Å²) in [7, 11) is -3.88. The molecule has 1 aliphatic rings. The van der Waals surface area contributed by atoms with Crippen LogP contribution >= 0.6 is 11.3 Å². The number of thiazole rings is 1. The van der Waals surface area contributed by atoms with Crippen LogP contribution in [0.5, 0.6) is 0 Å². The molecule has 1 N–H and O–H groups in total. The fraction of sp³-hybridized carbons (Fsp3) is 0.300. The minimum absolute atomic E-state index is 0.0367. The number of sulfonamides is 1. The van der Waals surface area contributed by atoms with Gasteiger partial charge < -0.3 is 9.73 Å². The maximum atomic E-state index is 13.2. The van der Waals surface area contributed by atoms with Crippen LogP contribution in [-0.2, 0) is 34.2 Å². The summed E-state index contributed by atoms with van der Waals surface area (Å²) in [4.78, 5) is 18.4. The maximum absolute atomic E-state index is 13.2. The van der Waals surface area contributed by atoms with Crippen molar-refractivity contribution in [1.82, 2.24) is 9.29 Å². The summed E-state index contributed by atoms with van der Waals surface area (Å²) in [5, 5.41) is 3.26. The van der Waals surface area contributed by atoms with Crippen LogP contribution in [0.3, 0.4) is 0 Å². The second-order valence-corrected chi connectivity index (χ2v) is 9.98. The Labute approximate surface area is 173 Å². The van der Waals surface area contributed by atoms with Gasteiger partial charge in [0.15, 0.2) is 5.13 Å². The second-order valence-electron chi connectivity index (χ2n) is 6.96. The first kappa shape index (κ1) is 19.8. The van der Waals surface area contributed by atoms with Crippen molar-refractivity contribution in [1.29, 1.82) is 0 Å². The number of nitrogens with one attached hydrogen (secondary N) is 1. The zero-order chi connectivity index (χ0) is 20.4. The predicted molar refractivity (Wildman–Crippen MR) is 110 cm³/mol. The van der Waals surface area contributed by atoms with Crippen LogP contribution in [0.2, 0.25) is 0 Å². The first-order valence-electron chi connectivity index (χ1n) is 9.29. The smallest absolute Gasteiger partial charge is 0.243 e. The van der Waals surface area contributed by atoms with Gasteiger partial charge in [0.2, 0.25) is 15.9 Å². The number of hydrogen-bond donors (Lipinski definition) is 1. The Morgan fingerprint density at radius 3 is 2.72 bits per heavy atom. The van der Waals surface area contributed by atoms with Gasteiger partial charge in [-0.15, -0.1) is 11.3 Å². The number of carbonyl (C=O) groups is 1. The summed E-state index contributed by atoms with van der Waals surface area (Å²) in [5.74, 6) is 0.0291. The third-order valence-corrected chi connectivity index (χ3v) is 7.61. The fourth-order valence-electron chi connectivity index (χ4n) is 3.22. The highest BCUT2D eigenvalue weighted by atomic mass is 32.2. The number of aryl methyl sites for hydroxylation is 3. The van der Waals surface area contributed by atoms with Crippen LogP contribution in [0.1, 0.15) is 28.3 Å². The van der Waals surface area contributed by atoms with Crippen LogP contribution in [0.15, 0.2) is 52.0 Å². The van der Waals surface area contributed by atoms with Crippen molar-refractivity contribution in [3.8, 4) is 0 Å². The van der Waals surface area contributed by atoms with Crippen LogP contribution in [0.4, 0.5) is 5.13 Å². The number of nitrogens with zero attached hydrogens (tertiary/aromatic N) is 2. The third kappa shape index (κ3) is 4.42. The Bertz CT molecular complexity index is 1080. The number of anilines is 1. The Hall–Kier alpha value is -2.49. The van der Waals surface area contributed by atoms with Crippen LogP contribution < -0.4 is 5.32 Å². The molecule has 29 heavy (non-hydrogen) atoms. The van der Waals surface area contributed by atoms with E-state index in [2.05, 4.69) is 10.3 Å². The van der Waals surface area contributed by atoms with Crippen molar-refractivity contribution in [2.75, 3.05) is 11.9 Å². The van der Waals surface area contributed by atoms with Crippen molar-refractivity contribution < 1.29 is 17.6 Å². The molecule has 1 aromatic carbocycles. The molecule has 0 fully saturated rings. The standard InChI is InChI=1S/C20H21N3O4S2/c1-14-7-9-16(10-8-14)29(25,26)23(12-15-4-3-11-27-15)13-19(24)22-20-21-17-5-2-6-18(17)28-20/h3-4,7-11H,2,5-6,12-13H2,1H3,(H,21,22,24). The summed E-state index contributed by atoms with van der Waals surface area (Å²) < 4.78 is 32.8. The molecule has 0 unspecified atom stereocenters. The first-order chi connectivity index (χ1) is 13.9. The minimum atomic E-state index is -3.88. The molecule has 0 radical (unpaired) electrons. The van der Waals surface area contributed by atoms with Gasteiger partial charge >= 0.3 is 0 Å². The molecular weight excluding hydrogens is 410 g/mol. The molecule has 0 atom stereocenters. The number of furan rings is 1. The van der Waals surface area contributed by atoms with Gasteiger partial charge in [-0.2, -0.15) is 4.31 Å². The van der Waals surface area contributed by atoms with Gasteiger partial charge in [-0.3, -0.25) is 4.79 Å². The zero-order valence-corrected chi connectivity index (χ0v) is 17.6. The van der Waals surface area contributed by atoms with E-state index in [-0.39, 0.29) is 18.0 Å². The lowest BCUT2D eigenvalue weighted by molar-refractivity contribution is -0.116. The van der Waals surface area contributed by atoms with Gasteiger partial charge in [-0.1, -0.05) is 17.7 Å². The lowest BCUT2D eigenvalue weighted by Gasteiger charge is -2.20. The van der Waals surface area contributed by atoms with Gasteiger partial charge in [-0.25, -0.2) is 13.4 Å². The number of hydrogen-bond acceptors (Lipinski definition) is 6. The van der Waals surface area contributed by atoms with Gasteiger partial charge in [0, 0.05) is 4.88 Å². The Morgan fingerprint density at radius 2 is 2.03 bits per heavy atom. The van der Waals surface area contributed by atoms with Crippen molar-refractivity contribution in [3.63, 3.8) is 0 Å². The number of amides is 1. The second kappa shape index (κ2) is 8.10. The highest BCUT2D eigenvalue weighted by Crippen LogP contribution is 2.30. The van der Waals surface area contributed by atoms with E-state index in [4.69, 9.17) is 4.42 Å². The summed E-state index contributed by atoms with van der Waals surface area (Å²) in [6.07, 6.45) is 4.47. The summed E-state index contributed by atoms with van der Waals surface area (Å²) in [6, 6.07) is 9.92.